The molecule has 1 fully saturated rings. The number of nitrogens with zero attached hydrogens (tertiary/aromatic N) is 1. The zero-order valence-electron chi connectivity index (χ0n) is 16.8. The molecule has 0 aliphatic carbocycles. The Labute approximate surface area is 175 Å². The average molecular weight is 413 g/mol. The molecule has 0 radical (unpaired) electrons. The van der Waals surface area contributed by atoms with Gasteiger partial charge in [0.25, 0.3) is 0 Å². The van der Waals surface area contributed by atoms with Crippen LogP contribution in [0.1, 0.15) is 41.6 Å². The predicted molar refractivity (Wildman–Crippen MR) is 112 cm³/mol. The van der Waals surface area contributed by atoms with Crippen LogP contribution in [0, 0.1) is 0 Å². The van der Waals surface area contributed by atoms with Gasteiger partial charge in [-0.15, -0.1) is 0 Å². The van der Waals surface area contributed by atoms with Gasteiger partial charge in [-0.2, -0.15) is 0 Å². The number of benzene rings is 2. The molecule has 0 amide bonds. The highest BCUT2D eigenvalue weighted by molar-refractivity contribution is 6.27. The van der Waals surface area contributed by atoms with Crippen molar-refractivity contribution in [3.05, 3.63) is 65.7 Å². The van der Waals surface area contributed by atoms with Gasteiger partial charge < -0.3 is 19.8 Å². The first-order valence-electron chi connectivity index (χ1n) is 9.98. The normalized spacial score (nSPS) is 13.2. The second kappa shape index (κ2) is 12.4. The van der Waals surface area contributed by atoms with Crippen molar-refractivity contribution in [2.24, 2.45) is 0 Å². The lowest BCUT2D eigenvalue weighted by atomic mass is 10.0. The third-order valence-electron chi connectivity index (χ3n) is 4.67. The maximum atomic E-state index is 12.3. The number of hydrogen-bond donors (Lipinski definition) is 2. The molecule has 1 aliphatic heterocycles. The Hall–Kier alpha value is -3.19. The first-order chi connectivity index (χ1) is 14.5. The van der Waals surface area contributed by atoms with E-state index in [1.807, 2.05) is 54.6 Å². The van der Waals surface area contributed by atoms with Crippen LogP contribution >= 0.6 is 0 Å². The van der Waals surface area contributed by atoms with E-state index < -0.39 is 11.9 Å². The zero-order chi connectivity index (χ0) is 21.8. The molecule has 1 aliphatic rings. The van der Waals surface area contributed by atoms with Crippen LogP contribution in [0.5, 0.6) is 5.75 Å². The first kappa shape index (κ1) is 23.1. The number of ether oxygens (including phenoxy) is 1. The smallest absolute Gasteiger partial charge is 0.414 e. The van der Waals surface area contributed by atoms with Crippen LogP contribution in [-0.4, -0.2) is 59.1 Å². The number of rotatable bonds is 8. The Bertz CT molecular complexity index is 801. The summed E-state index contributed by atoms with van der Waals surface area (Å²) in [4.78, 5) is 33.1. The quantitative estimate of drug-likeness (QED) is 0.389. The van der Waals surface area contributed by atoms with E-state index in [2.05, 4.69) is 4.90 Å². The standard InChI is InChI=1S/C21H25NO2.C2H2O4/c23-21(18-8-2-1-3-9-18)19-10-12-20(13-11-19)24-17-7-6-16-22-14-4-5-15-22;3-1(4)2(5)6/h1-3,8-13H,4-7,14-17H2;(H,3,4)(H,5,6). The third kappa shape index (κ3) is 8.05. The van der Waals surface area contributed by atoms with E-state index in [4.69, 9.17) is 24.5 Å². The molecule has 1 heterocycles. The van der Waals surface area contributed by atoms with Crippen LogP contribution in [0.15, 0.2) is 54.6 Å². The lowest BCUT2D eigenvalue weighted by Gasteiger charge is -2.14. The number of carbonyl (C=O) groups excluding carboxylic acids is 1. The van der Waals surface area contributed by atoms with Crippen LogP contribution in [0.4, 0.5) is 0 Å². The molecule has 30 heavy (non-hydrogen) atoms. The van der Waals surface area contributed by atoms with Gasteiger partial charge in [-0.3, -0.25) is 4.79 Å². The van der Waals surface area contributed by atoms with Gasteiger partial charge in [0.15, 0.2) is 5.78 Å². The SMILES string of the molecule is O=C(O)C(=O)O.O=C(c1ccccc1)c1ccc(OCCCCN2CCCC2)cc1. The van der Waals surface area contributed by atoms with Crippen molar-refractivity contribution >= 4 is 17.7 Å². The molecule has 160 valence electrons. The molecular formula is C23H27NO6. The predicted octanol–water partition coefficient (Wildman–Crippen LogP) is 3.33. The van der Waals surface area contributed by atoms with E-state index in [1.165, 1.54) is 38.9 Å². The van der Waals surface area contributed by atoms with Gasteiger partial charge in [0.1, 0.15) is 5.75 Å². The number of hydrogen-bond acceptors (Lipinski definition) is 5. The minimum atomic E-state index is -1.82. The van der Waals surface area contributed by atoms with Crippen molar-refractivity contribution in [2.45, 2.75) is 25.7 Å². The molecule has 0 saturated carbocycles. The molecule has 0 atom stereocenters. The van der Waals surface area contributed by atoms with E-state index in [0.29, 0.717) is 11.1 Å². The monoisotopic (exact) mass is 413 g/mol. The fourth-order valence-electron chi connectivity index (χ4n) is 3.09. The third-order valence-corrected chi connectivity index (χ3v) is 4.67. The lowest BCUT2D eigenvalue weighted by molar-refractivity contribution is -0.159. The number of unbranched alkanes of at least 4 members (excludes halogenated alkanes) is 1. The van der Waals surface area contributed by atoms with Crippen molar-refractivity contribution < 1.29 is 29.3 Å². The highest BCUT2D eigenvalue weighted by Gasteiger charge is 2.10. The number of carboxylic acid groups (broad SMARTS) is 2. The topological polar surface area (TPSA) is 104 Å². The molecule has 2 N–H and O–H groups in total. The lowest BCUT2D eigenvalue weighted by Crippen LogP contribution is -2.20. The van der Waals surface area contributed by atoms with Crippen molar-refractivity contribution in [1.29, 1.82) is 0 Å². The Morgan fingerprint density at radius 1 is 0.800 bits per heavy atom. The second-order valence-corrected chi connectivity index (χ2v) is 6.93. The van der Waals surface area contributed by atoms with Crippen LogP contribution in [0.2, 0.25) is 0 Å². The average Bonchev–Trinajstić information content (AvgIpc) is 3.28. The molecule has 1 saturated heterocycles. The second-order valence-electron chi connectivity index (χ2n) is 6.93. The van der Waals surface area contributed by atoms with Gasteiger partial charge in [-0.1, -0.05) is 30.3 Å². The van der Waals surface area contributed by atoms with E-state index in [-0.39, 0.29) is 5.78 Å². The van der Waals surface area contributed by atoms with Crippen molar-refractivity contribution in [2.75, 3.05) is 26.2 Å². The minimum absolute atomic E-state index is 0.0489. The van der Waals surface area contributed by atoms with Gasteiger partial charge in [-0.25, -0.2) is 9.59 Å². The Morgan fingerprint density at radius 3 is 1.93 bits per heavy atom. The van der Waals surface area contributed by atoms with Gasteiger partial charge in [0.05, 0.1) is 6.61 Å². The number of carboxylic acids is 2. The van der Waals surface area contributed by atoms with Gasteiger partial charge in [0, 0.05) is 11.1 Å². The molecule has 3 rings (SSSR count). The van der Waals surface area contributed by atoms with E-state index in [1.54, 1.807) is 0 Å². The summed E-state index contributed by atoms with van der Waals surface area (Å²) in [5.74, 6) is -2.77. The van der Waals surface area contributed by atoms with Crippen LogP contribution in [0.25, 0.3) is 0 Å². The van der Waals surface area contributed by atoms with E-state index >= 15 is 0 Å². The van der Waals surface area contributed by atoms with Crippen LogP contribution in [-0.2, 0) is 9.59 Å². The summed E-state index contributed by atoms with van der Waals surface area (Å²) in [5, 5.41) is 14.8. The molecule has 2 aromatic carbocycles. The fraction of sp³-hybridized carbons (Fsp3) is 0.348. The summed E-state index contributed by atoms with van der Waals surface area (Å²) in [6, 6.07) is 16.8. The Morgan fingerprint density at radius 2 is 1.37 bits per heavy atom. The number of aliphatic carboxylic acids is 2. The minimum Gasteiger partial charge on any atom is -0.494 e. The zero-order valence-corrected chi connectivity index (χ0v) is 16.8. The van der Waals surface area contributed by atoms with Crippen molar-refractivity contribution in [3.63, 3.8) is 0 Å². The molecule has 0 spiro atoms. The number of ketones is 1. The number of likely N-dealkylation sites (tertiary alicyclic amines) is 1. The van der Waals surface area contributed by atoms with Crippen LogP contribution in [0.3, 0.4) is 0 Å². The highest BCUT2D eigenvalue weighted by atomic mass is 16.5. The van der Waals surface area contributed by atoms with E-state index in [0.717, 1.165) is 18.8 Å². The first-order valence-corrected chi connectivity index (χ1v) is 9.98. The largest absolute Gasteiger partial charge is 0.494 e. The van der Waals surface area contributed by atoms with Gasteiger partial charge in [-0.05, 0) is 69.6 Å². The molecule has 7 nitrogen and oxygen atoms in total. The number of carbonyl (C=O) groups is 3. The van der Waals surface area contributed by atoms with Gasteiger partial charge >= 0.3 is 11.9 Å². The molecular weight excluding hydrogens is 386 g/mol. The maximum Gasteiger partial charge on any atom is 0.414 e. The molecule has 0 bridgehead atoms. The molecule has 2 aromatic rings. The van der Waals surface area contributed by atoms with Crippen molar-refractivity contribution in [3.8, 4) is 5.75 Å². The maximum absolute atomic E-state index is 12.3. The summed E-state index contributed by atoms with van der Waals surface area (Å²) in [7, 11) is 0. The van der Waals surface area contributed by atoms with Crippen LogP contribution < -0.4 is 4.74 Å². The molecule has 0 aromatic heterocycles. The summed E-state index contributed by atoms with van der Waals surface area (Å²) in [6.07, 6.45) is 4.96. The summed E-state index contributed by atoms with van der Waals surface area (Å²) in [5.41, 5.74) is 1.41. The summed E-state index contributed by atoms with van der Waals surface area (Å²) < 4.78 is 5.78. The Balaban J connectivity index is 0.000000469. The molecule has 0 unspecified atom stereocenters. The van der Waals surface area contributed by atoms with E-state index in [9.17, 15) is 4.79 Å². The highest BCUT2D eigenvalue weighted by Crippen LogP contribution is 2.16. The fourth-order valence-corrected chi connectivity index (χ4v) is 3.09. The summed E-state index contributed by atoms with van der Waals surface area (Å²) >= 11 is 0. The Kier molecular flexibility index (Phi) is 9.54. The van der Waals surface area contributed by atoms with Crippen molar-refractivity contribution in [1.82, 2.24) is 4.90 Å². The molecule has 7 heteroatoms. The summed E-state index contributed by atoms with van der Waals surface area (Å²) in [6.45, 7) is 4.45. The van der Waals surface area contributed by atoms with Gasteiger partial charge in [0.2, 0.25) is 0 Å².